The molecule has 3 atom stereocenters. The molecule has 2 aromatic rings. The first-order valence-corrected chi connectivity index (χ1v) is 11.0. The SMILES string of the molecule is CC(C)NC(=O)c1noc2c(F)c3c(cc12)CC1(C(=O)NC(=O)NC1=O)[C@@H]1[C@@H](C)O[C@@H](C)CN31. The number of hydrogen-bond donors (Lipinski definition) is 3. The molecule has 3 aliphatic heterocycles. The van der Waals surface area contributed by atoms with Crippen molar-refractivity contribution in [2.24, 2.45) is 5.41 Å². The van der Waals surface area contributed by atoms with Gasteiger partial charge in [-0.2, -0.15) is 0 Å². The minimum atomic E-state index is -1.75. The van der Waals surface area contributed by atoms with E-state index < -0.39 is 47.1 Å². The van der Waals surface area contributed by atoms with E-state index in [2.05, 4.69) is 21.1 Å². The number of hydrogen-bond acceptors (Lipinski definition) is 8. The van der Waals surface area contributed by atoms with Crippen LogP contribution >= 0.6 is 0 Å². The number of anilines is 1. The molecule has 4 heterocycles. The Labute approximate surface area is 193 Å². The molecule has 2 saturated heterocycles. The number of carbonyl (C=O) groups excluding carboxylic acids is 4. The van der Waals surface area contributed by atoms with Crippen molar-refractivity contribution in [3.05, 3.63) is 23.1 Å². The Hall–Kier alpha value is -3.54. The highest BCUT2D eigenvalue weighted by molar-refractivity contribution is 6.20. The molecule has 1 aromatic carbocycles. The molecule has 2 fully saturated rings. The van der Waals surface area contributed by atoms with Crippen molar-refractivity contribution in [2.75, 3.05) is 11.4 Å². The summed E-state index contributed by atoms with van der Waals surface area (Å²) in [5.41, 5.74) is -1.56. The zero-order chi connectivity index (χ0) is 24.5. The fourth-order valence-electron chi connectivity index (χ4n) is 5.44. The quantitative estimate of drug-likeness (QED) is 0.548. The van der Waals surface area contributed by atoms with Gasteiger partial charge in [-0.25, -0.2) is 9.18 Å². The van der Waals surface area contributed by atoms with E-state index in [1.165, 1.54) is 6.07 Å². The lowest BCUT2D eigenvalue weighted by atomic mass is 9.66. The second kappa shape index (κ2) is 7.49. The van der Waals surface area contributed by atoms with Crippen molar-refractivity contribution in [3.63, 3.8) is 0 Å². The molecule has 0 radical (unpaired) electrons. The number of benzene rings is 1. The van der Waals surface area contributed by atoms with Gasteiger partial charge in [-0.05, 0) is 39.3 Å². The van der Waals surface area contributed by atoms with Crippen LogP contribution in [0.4, 0.5) is 14.9 Å². The Bertz CT molecular complexity index is 1240. The zero-order valence-corrected chi connectivity index (χ0v) is 19.0. The lowest BCUT2D eigenvalue weighted by Gasteiger charge is -2.55. The van der Waals surface area contributed by atoms with Gasteiger partial charge in [0, 0.05) is 19.0 Å². The molecule has 0 aliphatic carbocycles. The highest BCUT2D eigenvalue weighted by Crippen LogP contribution is 2.49. The van der Waals surface area contributed by atoms with Gasteiger partial charge in [0.25, 0.3) is 5.91 Å². The monoisotopic (exact) mass is 473 g/mol. The molecule has 3 aliphatic rings. The van der Waals surface area contributed by atoms with Gasteiger partial charge >= 0.3 is 6.03 Å². The second-order valence-corrected chi connectivity index (χ2v) is 9.37. The minimum absolute atomic E-state index is 0.0991. The largest absolute Gasteiger partial charge is 0.372 e. The maximum Gasteiger partial charge on any atom is 0.328 e. The zero-order valence-electron chi connectivity index (χ0n) is 19.0. The fraction of sp³-hybridized carbons (Fsp3) is 0.500. The Kier molecular flexibility index (Phi) is 4.90. The number of nitrogens with one attached hydrogen (secondary N) is 3. The van der Waals surface area contributed by atoms with Crippen LogP contribution in [0, 0.1) is 11.2 Å². The van der Waals surface area contributed by atoms with E-state index in [1.807, 2.05) is 0 Å². The third kappa shape index (κ3) is 3.01. The van der Waals surface area contributed by atoms with Crippen molar-refractivity contribution in [1.29, 1.82) is 0 Å². The molecule has 3 N–H and O–H groups in total. The number of morpholine rings is 1. The first-order valence-electron chi connectivity index (χ1n) is 11.0. The van der Waals surface area contributed by atoms with Crippen LogP contribution in [0.5, 0.6) is 0 Å². The van der Waals surface area contributed by atoms with E-state index in [0.29, 0.717) is 5.56 Å². The van der Waals surface area contributed by atoms with Crippen molar-refractivity contribution < 1.29 is 32.8 Å². The number of barbiturate groups is 1. The first kappa shape index (κ1) is 22.3. The number of halogens is 1. The number of carbonyl (C=O) groups is 4. The van der Waals surface area contributed by atoms with Gasteiger partial charge in [0.05, 0.1) is 29.3 Å². The van der Waals surface area contributed by atoms with Gasteiger partial charge in [-0.15, -0.1) is 0 Å². The highest BCUT2D eigenvalue weighted by Gasteiger charge is 2.63. The van der Waals surface area contributed by atoms with Crippen LogP contribution in [0.3, 0.4) is 0 Å². The molecular formula is C22H24FN5O6. The third-order valence-electron chi connectivity index (χ3n) is 6.60. The summed E-state index contributed by atoms with van der Waals surface area (Å²) >= 11 is 0. The smallest absolute Gasteiger partial charge is 0.328 e. The summed E-state index contributed by atoms with van der Waals surface area (Å²) in [6.07, 6.45) is -1.18. The number of aromatic nitrogens is 1. The van der Waals surface area contributed by atoms with E-state index in [0.717, 1.165) is 0 Å². The Balaban J connectivity index is 1.73. The van der Waals surface area contributed by atoms with Gasteiger partial charge in [-0.1, -0.05) is 5.16 Å². The predicted octanol–water partition coefficient (Wildman–Crippen LogP) is 0.996. The summed E-state index contributed by atoms with van der Waals surface area (Å²) < 4.78 is 27.1. The van der Waals surface area contributed by atoms with Crippen LogP contribution in [-0.4, -0.2) is 59.7 Å². The average Bonchev–Trinajstić information content (AvgIpc) is 3.15. The van der Waals surface area contributed by atoms with Crippen LogP contribution in [0.25, 0.3) is 11.0 Å². The van der Waals surface area contributed by atoms with Gasteiger partial charge in [0.1, 0.15) is 0 Å². The maximum atomic E-state index is 15.9. The van der Waals surface area contributed by atoms with Gasteiger partial charge in [0.2, 0.25) is 17.4 Å². The molecule has 5 rings (SSSR count). The van der Waals surface area contributed by atoms with E-state index in [1.54, 1.807) is 32.6 Å². The van der Waals surface area contributed by atoms with Crippen LogP contribution < -0.4 is 20.9 Å². The Morgan fingerprint density at radius 3 is 2.59 bits per heavy atom. The lowest BCUT2D eigenvalue weighted by molar-refractivity contribution is -0.153. The summed E-state index contributed by atoms with van der Waals surface area (Å²) in [7, 11) is 0. The molecule has 180 valence electrons. The van der Waals surface area contributed by atoms with Gasteiger partial charge < -0.3 is 19.5 Å². The molecule has 11 nitrogen and oxygen atoms in total. The average molecular weight is 473 g/mol. The topological polar surface area (TPSA) is 143 Å². The van der Waals surface area contributed by atoms with Crippen molar-refractivity contribution in [1.82, 2.24) is 21.1 Å². The number of fused-ring (bicyclic) bond motifs is 5. The van der Waals surface area contributed by atoms with Gasteiger partial charge in [0.15, 0.2) is 16.9 Å². The standard InChI is InChI=1S/C22H24FN5O6/c1-8(2)24-18(29)14-12-5-11-6-22(19(30)25-21(32)26-20(22)31)17-10(4)33-9(3)7-28(17)15(11)13(23)16(12)34-27-14/h5,8-10,17H,6-7H2,1-4H3,(H,24,29)(H2,25,26,30,31,32)/t9-,10+,17-/m0/s1. The number of urea groups is 1. The van der Waals surface area contributed by atoms with Crippen molar-refractivity contribution in [2.45, 2.75) is 58.4 Å². The van der Waals surface area contributed by atoms with E-state index in [-0.39, 0.29) is 47.5 Å². The Morgan fingerprint density at radius 1 is 1.26 bits per heavy atom. The normalized spacial score (nSPS) is 25.8. The number of imide groups is 2. The second-order valence-electron chi connectivity index (χ2n) is 9.37. The highest BCUT2D eigenvalue weighted by atomic mass is 19.1. The van der Waals surface area contributed by atoms with E-state index >= 15 is 4.39 Å². The van der Waals surface area contributed by atoms with Crippen molar-refractivity contribution >= 4 is 40.4 Å². The number of nitrogens with zero attached hydrogens (tertiary/aromatic N) is 2. The molecule has 34 heavy (non-hydrogen) atoms. The lowest BCUT2D eigenvalue weighted by Crippen LogP contribution is -2.75. The summed E-state index contributed by atoms with van der Waals surface area (Å²) in [4.78, 5) is 52.5. The predicted molar refractivity (Wildman–Crippen MR) is 116 cm³/mol. The molecular weight excluding hydrogens is 449 g/mol. The molecule has 0 saturated carbocycles. The number of ether oxygens (including phenoxy) is 1. The molecule has 0 unspecified atom stereocenters. The van der Waals surface area contributed by atoms with Crippen LogP contribution in [0.2, 0.25) is 0 Å². The molecule has 1 aromatic heterocycles. The molecule has 5 amide bonds. The summed E-state index contributed by atoms with van der Waals surface area (Å²) in [5.74, 6) is -2.84. The van der Waals surface area contributed by atoms with Crippen molar-refractivity contribution in [3.8, 4) is 0 Å². The molecule has 1 spiro atoms. The first-order chi connectivity index (χ1) is 16.0. The van der Waals surface area contributed by atoms with Gasteiger partial charge in [-0.3, -0.25) is 25.0 Å². The summed E-state index contributed by atoms with van der Waals surface area (Å²) in [6, 6.07) is -0.458. The van der Waals surface area contributed by atoms with Crippen LogP contribution in [0.1, 0.15) is 43.7 Å². The maximum absolute atomic E-state index is 15.9. The van der Waals surface area contributed by atoms with E-state index in [4.69, 9.17) is 9.26 Å². The van der Waals surface area contributed by atoms with Crippen LogP contribution in [0.15, 0.2) is 10.6 Å². The fourth-order valence-corrected chi connectivity index (χ4v) is 5.44. The number of rotatable bonds is 2. The van der Waals surface area contributed by atoms with E-state index in [9.17, 15) is 19.2 Å². The summed E-state index contributed by atoms with van der Waals surface area (Å²) in [6.45, 7) is 7.24. The number of amides is 5. The Morgan fingerprint density at radius 2 is 1.94 bits per heavy atom. The molecule has 12 heteroatoms. The minimum Gasteiger partial charge on any atom is -0.372 e. The van der Waals surface area contributed by atoms with Crippen LogP contribution in [-0.2, 0) is 20.7 Å². The third-order valence-corrected chi connectivity index (χ3v) is 6.60. The summed E-state index contributed by atoms with van der Waals surface area (Å²) in [5, 5.41) is 11.0. The molecule has 0 bridgehead atoms.